The van der Waals surface area contributed by atoms with Crippen LogP contribution in [0.1, 0.15) is 36.5 Å². The number of carbonyl (C=O) groups is 1. The number of ether oxygens (including phenoxy) is 1. The quantitative estimate of drug-likeness (QED) is 0.589. The summed E-state index contributed by atoms with van der Waals surface area (Å²) in [4.78, 5) is 11.6. The van der Waals surface area contributed by atoms with Crippen molar-refractivity contribution in [2.45, 2.75) is 26.2 Å². The minimum Gasteiger partial charge on any atom is -0.383 e. The average molecular weight is 240 g/mol. The third-order valence-electron chi connectivity index (χ3n) is 2.31. The summed E-state index contributed by atoms with van der Waals surface area (Å²) < 4.78 is 5.38. The lowest BCUT2D eigenvalue weighted by molar-refractivity contribution is 0.0941. The van der Waals surface area contributed by atoms with Gasteiger partial charge < -0.3 is 15.8 Å². The Balaban J connectivity index is 2.07. The Bertz CT molecular complexity index is 338. The Hall–Kier alpha value is -1.56. The molecule has 0 bridgehead atoms. The molecule has 1 rings (SSSR count). The van der Waals surface area contributed by atoms with E-state index in [1.54, 1.807) is 0 Å². The summed E-state index contributed by atoms with van der Waals surface area (Å²) in [6, 6.07) is 0. The second kappa shape index (κ2) is 7.67. The van der Waals surface area contributed by atoms with Gasteiger partial charge in [-0.2, -0.15) is 5.10 Å². The fraction of sp³-hybridized carbons (Fsp3) is 0.636. The highest BCUT2D eigenvalue weighted by molar-refractivity contribution is 5.97. The number of aromatic amines is 1. The van der Waals surface area contributed by atoms with Gasteiger partial charge in [-0.3, -0.25) is 9.89 Å². The number of unbranched alkanes of at least 4 members (excludes halogenated alkanes) is 1. The maximum Gasteiger partial charge on any atom is 0.256 e. The average Bonchev–Trinajstić information content (AvgIpc) is 2.74. The summed E-state index contributed by atoms with van der Waals surface area (Å²) in [6.45, 7) is 4.16. The molecule has 0 radical (unpaired) electrons. The highest BCUT2D eigenvalue weighted by atomic mass is 16.5. The van der Waals surface area contributed by atoms with Gasteiger partial charge in [0.1, 0.15) is 11.4 Å². The Labute approximate surface area is 101 Å². The number of rotatable bonds is 8. The van der Waals surface area contributed by atoms with Crippen molar-refractivity contribution in [1.82, 2.24) is 15.5 Å². The fourth-order valence-electron chi connectivity index (χ4n) is 1.30. The molecular weight excluding hydrogens is 220 g/mol. The van der Waals surface area contributed by atoms with Crippen molar-refractivity contribution in [2.24, 2.45) is 0 Å². The van der Waals surface area contributed by atoms with Crippen molar-refractivity contribution in [3.05, 3.63) is 11.8 Å². The minimum absolute atomic E-state index is 0.204. The molecule has 0 aliphatic rings. The first-order valence-electron chi connectivity index (χ1n) is 5.90. The van der Waals surface area contributed by atoms with Gasteiger partial charge in [0.15, 0.2) is 0 Å². The van der Waals surface area contributed by atoms with Gasteiger partial charge in [-0.15, -0.1) is 0 Å². The summed E-state index contributed by atoms with van der Waals surface area (Å²) in [5.41, 5.74) is 5.91. The molecule has 0 unspecified atom stereocenters. The van der Waals surface area contributed by atoms with Crippen LogP contribution < -0.4 is 11.1 Å². The first kappa shape index (κ1) is 13.5. The van der Waals surface area contributed by atoms with Gasteiger partial charge >= 0.3 is 0 Å². The standard InChI is InChI=1S/C11H20N4O2/c1-2-3-6-17-7-4-5-13-11(16)9-8-14-15-10(9)12/h8H,2-7H2,1H3,(H,13,16)(H3,12,14,15). The molecule has 0 aliphatic heterocycles. The smallest absolute Gasteiger partial charge is 0.256 e. The van der Waals surface area contributed by atoms with Crippen molar-refractivity contribution >= 4 is 11.7 Å². The summed E-state index contributed by atoms with van der Waals surface area (Å²) in [5, 5.41) is 8.96. The number of nitrogens with one attached hydrogen (secondary N) is 2. The molecule has 0 atom stereocenters. The van der Waals surface area contributed by atoms with Crippen LogP contribution in [0.3, 0.4) is 0 Å². The molecule has 0 aliphatic carbocycles. The summed E-state index contributed by atoms with van der Waals surface area (Å²) in [7, 11) is 0. The molecule has 1 aromatic rings. The number of amides is 1. The predicted octanol–water partition coefficient (Wildman–Crippen LogP) is 0.929. The zero-order valence-electron chi connectivity index (χ0n) is 10.2. The van der Waals surface area contributed by atoms with Crippen LogP contribution in [0.4, 0.5) is 5.82 Å². The van der Waals surface area contributed by atoms with E-state index in [-0.39, 0.29) is 5.91 Å². The maximum absolute atomic E-state index is 11.6. The van der Waals surface area contributed by atoms with E-state index >= 15 is 0 Å². The van der Waals surface area contributed by atoms with Crippen LogP contribution in [0.2, 0.25) is 0 Å². The first-order chi connectivity index (χ1) is 8.25. The third kappa shape index (κ3) is 4.86. The molecule has 0 saturated carbocycles. The number of H-pyrrole nitrogens is 1. The molecule has 96 valence electrons. The Kier molecular flexibility index (Phi) is 6.09. The van der Waals surface area contributed by atoms with Crippen molar-refractivity contribution in [2.75, 3.05) is 25.5 Å². The molecule has 1 aromatic heterocycles. The monoisotopic (exact) mass is 240 g/mol. The van der Waals surface area contributed by atoms with E-state index in [0.29, 0.717) is 24.5 Å². The number of nitrogens with two attached hydrogens (primary N) is 1. The lowest BCUT2D eigenvalue weighted by Crippen LogP contribution is -2.25. The lowest BCUT2D eigenvalue weighted by Gasteiger charge is -2.05. The van der Waals surface area contributed by atoms with E-state index in [9.17, 15) is 4.79 Å². The van der Waals surface area contributed by atoms with Crippen LogP contribution in [0.15, 0.2) is 6.20 Å². The zero-order chi connectivity index (χ0) is 12.5. The van der Waals surface area contributed by atoms with Crippen LogP contribution in [-0.2, 0) is 4.74 Å². The first-order valence-corrected chi connectivity index (χ1v) is 5.90. The van der Waals surface area contributed by atoms with E-state index in [0.717, 1.165) is 25.9 Å². The Morgan fingerprint density at radius 2 is 2.29 bits per heavy atom. The number of nitrogen functional groups attached to an aromatic ring is 1. The lowest BCUT2D eigenvalue weighted by atomic mass is 10.3. The Morgan fingerprint density at radius 1 is 1.53 bits per heavy atom. The summed E-state index contributed by atoms with van der Waals surface area (Å²) in [5.74, 6) is 0.0894. The van der Waals surface area contributed by atoms with Gasteiger partial charge in [0.2, 0.25) is 0 Å². The highest BCUT2D eigenvalue weighted by Gasteiger charge is 2.10. The van der Waals surface area contributed by atoms with Crippen molar-refractivity contribution in [3.8, 4) is 0 Å². The second-order valence-electron chi connectivity index (χ2n) is 3.77. The number of aromatic nitrogens is 2. The van der Waals surface area contributed by atoms with E-state index in [4.69, 9.17) is 10.5 Å². The fourth-order valence-corrected chi connectivity index (χ4v) is 1.30. The molecule has 1 amide bonds. The topological polar surface area (TPSA) is 93.0 Å². The molecule has 0 aromatic carbocycles. The molecule has 6 nitrogen and oxygen atoms in total. The highest BCUT2D eigenvalue weighted by Crippen LogP contribution is 2.04. The van der Waals surface area contributed by atoms with Gasteiger partial charge in [0, 0.05) is 19.8 Å². The molecule has 4 N–H and O–H groups in total. The van der Waals surface area contributed by atoms with E-state index in [2.05, 4.69) is 22.4 Å². The SMILES string of the molecule is CCCCOCCCNC(=O)c1cn[nH]c1N. The maximum atomic E-state index is 11.6. The Morgan fingerprint density at radius 3 is 2.94 bits per heavy atom. The second-order valence-corrected chi connectivity index (χ2v) is 3.77. The van der Waals surface area contributed by atoms with Crippen LogP contribution >= 0.6 is 0 Å². The van der Waals surface area contributed by atoms with Crippen LogP contribution in [0, 0.1) is 0 Å². The van der Waals surface area contributed by atoms with Gasteiger partial charge in [-0.05, 0) is 12.8 Å². The normalized spacial score (nSPS) is 10.4. The largest absolute Gasteiger partial charge is 0.383 e. The molecule has 1 heterocycles. The summed E-state index contributed by atoms with van der Waals surface area (Å²) in [6.07, 6.45) is 4.43. The molecule has 0 spiro atoms. The van der Waals surface area contributed by atoms with Crippen LogP contribution in [0.5, 0.6) is 0 Å². The zero-order valence-corrected chi connectivity index (χ0v) is 10.2. The van der Waals surface area contributed by atoms with E-state index in [1.807, 2.05) is 0 Å². The minimum atomic E-state index is -0.204. The number of carbonyl (C=O) groups excluding carboxylic acids is 1. The van der Waals surface area contributed by atoms with Crippen molar-refractivity contribution in [3.63, 3.8) is 0 Å². The van der Waals surface area contributed by atoms with Gasteiger partial charge in [0.05, 0.1) is 6.20 Å². The number of hydrogen-bond donors (Lipinski definition) is 3. The van der Waals surface area contributed by atoms with Crippen molar-refractivity contribution in [1.29, 1.82) is 0 Å². The molecule has 6 heteroatoms. The van der Waals surface area contributed by atoms with Gasteiger partial charge in [-0.25, -0.2) is 0 Å². The van der Waals surface area contributed by atoms with Gasteiger partial charge in [0.25, 0.3) is 5.91 Å². The molecular formula is C11H20N4O2. The van der Waals surface area contributed by atoms with Crippen molar-refractivity contribution < 1.29 is 9.53 Å². The van der Waals surface area contributed by atoms with E-state index in [1.165, 1.54) is 6.20 Å². The van der Waals surface area contributed by atoms with Crippen LogP contribution in [-0.4, -0.2) is 35.9 Å². The number of anilines is 1. The van der Waals surface area contributed by atoms with E-state index < -0.39 is 0 Å². The third-order valence-corrected chi connectivity index (χ3v) is 2.31. The molecule has 0 fully saturated rings. The molecule has 17 heavy (non-hydrogen) atoms. The number of hydrogen-bond acceptors (Lipinski definition) is 4. The van der Waals surface area contributed by atoms with Gasteiger partial charge in [-0.1, -0.05) is 13.3 Å². The predicted molar refractivity (Wildman–Crippen MR) is 65.7 cm³/mol. The summed E-state index contributed by atoms with van der Waals surface area (Å²) >= 11 is 0. The number of nitrogens with zero attached hydrogens (tertiary/aromatic N) is 1. The van der Waals surface area contributed by atoms with Crippen LogP contribution in [0.25, 0.3) is 0 Å². The molecule has 0 saturated heterocycles.